The van der Waals surface area contributed by atoms with E-state index in [1.54, 1.807) is 0 Å². The van der Waals surface area contributed by atoms with Gasteiger partial charge in [0.25, 0.3) is 0 Å². The second-order valence-electron chi connectivity index (χ2n) is 6.90. The Bertz CT molecular complexity index is 737. The average Bonchev–Trinajstić information content (AvgIpc) is 3.35. The predicted molar refractivity (Wildman–Crippen MR) is 99.3 cm³/mol. The monoisotopic (exact) mass is 410 g/mol. The number of carbonyl (C=O) groups is 4. The molecule has 160 valence electrons. The zero-order valence-corrected chi connectivity index (χ0v) is 16.0. The second-order valence-corrected chi connectivity index (χ2v) is 6.90. The predicted octanol–water partition coefficient (Wildman–Crippen LogP) is -2.66. The van der Waals surface area contributed by atoms with Gasteiger partial charge in [-0.05, 0) is 19.8 Å². The summed E-state index contributed by atoms with van der Waals surface area (Å²) >= 11 is 0. The van der Waals surface area contributed by atoms with Gasteiger partial charge in [-0.3, -0.25) is 14.4 Å². The molecule has 4 unspecified atom stereocenters. The van der Waals surface area contributed by atoms with Crippen molar-refractivity contribution in [1.29, 1.82) is 0 Å². The molecule has 0 aliphatic carbocycles. The summed E-state index contributed by atoms with van der Waals surface area (Å²) in [6, 6.07) is -4.16. The van der Waals surface area contributed by atoms with Gasteiger partial charge in [-0.1, -0.05) is 0 Å². The number of aromatic nitrogens is 2. The van der Waals surface area contributed by atoms with Crippen molar-refractivity contribution in [3.8, 4) is 0 Å². The van der Waals surface area contributed by atoms with Gasteiger partial charge in [0.05, 0.1) is 19.0 Å². The van der Waals surface area contributed by atoms with Gasteiger partial charge in [-0.15, -0.1) is 0 Å². The Morgan fingerprint density at radius 2 is 2.07 bits per heavy atom. The fourth-order valence-electron chi connectivity index (χ4n) is 3.12. The minimum Gasteiger partial charge on any atom is -0.480 e. The van der Waals surface area contributed by atoms with Crippen molar-refractivity contribution in [2.75, 3.05) is 13.2 Å². The van der Waals surface area contributed by atoms with E-state index in [1.165, 1.54) is 24.3 Å². The minimum atomic E-state index is -1.51. The molecule has 1 aromatic rings. The molecule has 3 amide bonds. The van der Waals surface area contributed by atoms with Gasteiger partial charge >= 0.3 is 5.97 Å². The number of aliphatic hydroxyl groups is 1. The summed E-state index contributed by atoms with van der Waals surface area (Å²) in [5, 5.41) is 22.9. The number of nitrogens with two attached hydrogens (primary N) is 1. The molecule has 0 aromatic carbocycles. The lowest BCUT2D eigenvalue weighted by atomic mass is 10.1. The van der Waals surface area contributed by atoms with Crippen LogP contribution >= 0.6 is 0 Å². The van der Waals surface area contributed by atoms with Crippen LogP contribution in [0.1, 0.15) is 25.5 Å². The van der Waals surface area contributed by atoms with E-state index in [9.17, 15) is 19.2 Å². The van der Waals surface area contributed by atoms with Gasteiger partial charge in [0.2, 0.25) is 17.7 Å². The fraction of sp³-hybridized carbons (Fsp3) is 0.588. The Morgan fingerprint density at radius 1 is 1.34 bits per heavy atom. The molecule has 1 fully saturated rings. The molecular weight excluding hydrogens is 384 g/mol. The fourth-order valence-corrected chi connectivity index (χ4v) is 3.12. The number of carbonyl (C=O) groups excluding carboxylic acids is 3. The first kappa shape index (κ1) is 22.3. The van der Waals surface area contributed by atoms with E-state index in [1.807, 2.05) is 0 Å². The maximum atomic E-state index is 12.8. The Labute approximate surface area is 166 Å². The van der Waals surface area contributed by atoms with E-state index in [4.69, 9.17) is 15.9 Å². The van der Waals surface area contributed by atoms with E-state index in [0.29, 0.717) is 25.1 Å². The Balaban J connectivity index is 2.13. The molecule has 0 saturated carbocycles. The van der Waals surface area contributed by atoms with Crippen LogP contribution in [0.2, 0.25) is 0 Å². The van der Waals surface area contributed by atoms with E-state index in [0.717, 1.165) is 0 Å². The summed E-state index contributed by atoms with van der Waals surface area (Å²) in [6.07, 6.45) is 3.94. The molecule has 12 heteroatoms. The molecule has 1 saturated heterocycles. The van der Waals surface area contributed by atoms with Crippen molar-refractivity contribution in [3.63, 3.8) is 0 Å². The summed E-state index contributed by atoms with van der Waals surface area (Å²) in [5.41, 5.74) is 6.18. The molecule has 1 aromatic heterocycles. The topological polar surface area (TPSA) is 191 Å². The molecular formula is C17H26N6O6. The van der Waals surface area contributed by atoms with Crippen LogP contribution in [-0.2, 0) is 25.6 Å². The highest BCUT2D eigenvalue weighted by molar-refractivity contribution is 5.94. The SMILES string of the molecule is CC(N)C(=O)N1CCCC1C(=O)NC(Cc1cnc[nH]1)C(=O)NC(CO)C(=O)O. The smallest absolute Gasteiger partial charge is 0.328 e. The van der Waals surface area contributed by atoms with Crippen LogP contribution in [0.4, 0.5) is 0 Å². The normalized spacial score (nSPS) is 19.3. The Hall–Kier alpha value is -2.99. The number of hydrogen-bond donors (Lipinski definition) is 6. The molecule has 1 aliphatic rings. The Morgan fingerprint density at radius 3 is 2.62 bits per heavy atom. The number of aromatic amines is 1. The zero-order chi connectivity index (χ0) is 21.6. The van der Waals surface area contributed by atoms with Crippen molar-refractivity contribution >= 4 is 23.7 Å². The van der Waals surface area contributed by atoms with Crippen molar-refractivity contribution in [3.05, 3.63) is 18.2 Å². The number of aliphatic carboxylic acids is 1. The summed E-state index contributed by atoms with van der Waals surface area (Å²) in [7, 11) is 0. The van der Waals surface area contributed by atoms with Crippen LogP contribution in [0.3, 0.4) is 0 Å². The number of likely N-dealkylation sites (tertiary alicyclic amines) is 1. The number of nitrogens with one attached hydrogen (secondary N) is 3. The van der Waals surface area contributed by atoms with Crippen LogP contribution in [0.15, 0.2) is 12.5 Å². The summed E-state index contributed by atoms with van der Waals surface area (Å²) in [4.78, 5) is 56.7. The highest BCUT2D eigenvalue weighted by Crippen LogP contribution is 2.18. The molecule has 2 heterocycles. The van der Waals surface area contributed by atoms with E-state index >= 15 is 0 Å². The van der Waals surface area contributed by atoms with Crippen molar-refractivity contribution in [1.82, 2.24) is 25.5 Å². The molecule has 12 nitrogen and oxygen atoms in total. The molecule has 0 spiro atoms. The first-order valence-corrected chi connectivity index (χ1v) is 9.22. The van der Waals surface area contributed by atoms with Crippen molar-refractivity contribution in [2.24, 2.45) is 5.73 Å². The number of amides is 3. The van der Waals surface area contributed by atoms with Crippen LogP contribution in [0.25, 0.3) is 0 Å². The third-order valence-corrected chi connectivity index (χ3v) is 4.64. The number of hydrogen-bond acceptors (Lipinski definition) is 7. The number of carboxylic acids is 1. The number of aliphatic hydroxyl groups excluding tert-OH is 1. The van der Waals surface area contributed by atoms with Crippen molar-refractivity contribution in [2.45, 2.75) is 50.4 Å². The van der Waals surface area contributed by atoms with Crippen LogP contribution in [0, 0.1) is 0 Å². The summed E-state index contributed by atoms with van der Waals surface area (Å²) < 4.78 is 0. The molecule has 29 heavy (non-hydrogen) atoms. The zero-order valence-electron chi connectivity index (χ0n) is 16.0. The second kappa shape index (κ2) is 9.98. The molecule has 0 bridgehead atoms. The van der Waals surface area contributed by atoms with Gasteiger partial charge in [0, 0.05) is 24.9 Å². The summed E-state index contributed by atoms with van der Waals surface area (Å²) in [6.45, 7) is 1.12. The van der Waals surface area contributed by atoms with Gasteiger partial charge in [0.15, 0.2) is 0 Å². The molecule has 1 aliphatic heterocycles. The van der Waals surface area contributed by atoms with E-state index in [2.05, 4.69) is 20.6 Å². The highest BCUT2D eigenvalue weighted by atomic mass is 16.4. The summed E-state index contributed by atoms with van der Waals surface area (Å²) in [5.74, 6) is -3.08. The molecule has 4 atom stereocenters. The maximum absolute atomic E-state index is 12.8. The van der Waals surface area contributed by atoms with Gasteiger partial charge in [-0.2, -0.15) is 0 Å². The molecule has 0 radical (unpaired) electrons. The van der Waals surface area contributed by atoms with Crippen LogP contribution < -0.4 is 16.4 Å². The van der Waals surface area contributed by atoms with Gasteiger partial charge in [-0.25, -0.2) is 9.78 Å². The highest BCUT2D eigenvalue weighted by Gasteiger charge is 2.37. The molecule has 7 N–H and O–H groups in total. The lowest BCUT2D eigenvalue weighted by Crippen LogP contribution is -2.57. The van der Waals surface area contributed by atoms with E-state index < -0.39 is 48.6 Å². The number of rotatable bonds is 9. The third-order valence-electron chi connectivity index (χ3n) is 4.64. The third kappa shape index (κ3) is 5.74. The Kier molecular flexibility index (Phi) is 7.67. The number of H-pyrrole nitrogens is 1. The number of imidazole rings is 1. The van der Waals surface area contributed by atoms with E-state index in [-0.39, 0.29) is 12.3 Å². The maximum Gasteiger partial charge on any atom is 0.328 e. The number of nitrogens with zero attached hydrogens (tertiary/aromatic N) is 2. The quantitative estimate of drug-likeness (QED) is 0.254. The molecule has 2 rings (SSSR count). The van der Waals surface area contributed by atoms with Crippen molar-refractivity contribution < 1.29 is 29.4 Å². The first-order chi connectivity index (χ1) is 13.7. The standard InChI is InChI=1S/C17H26N6O6/c1-9(18)16(27)23-4-2-3-13(23)15(26)21-11(5-10-6-19-8-20-10)14(25)22-12(7-24)17(28)29/h6,8-9,11-13,24H,2-5,7,18H2,1H3,(H,19,20)(H,21,26)(H,22,25)(H,28,29). The van der Waals surface area contributed by atoms with Gasteiger partial charge in [0.1, 0.15) is 18.1 Å². The lowest BCUT2D eigenvalue weighted by molar-refractivity contribution is -0.144. The minimum absolute atomic E-state index is 0.0172. The largest absolute Gasteiger partial charge is 0.480 e. The van der Waals surface area contributed by atoms with Gasteiger partial charge < -0.3 is 36.5 Å². The number of carboxylic acid groups (broad SMARTS) is 1. The van der Waals surface area contributed by atoms with Crippen LogP contribution in [-0.4, -0.2) is 86.1 Å². The van der Waals surface area contributed by atoms with Crippen LogP contribution in [0.5, 0.6) is 0 Å². The first-order valence-electron chi connectivity index (χ1n) is 9.22. The lowest BCUT2D eigenvalue weighted by Gasteiger charge is -2.27. The average molecular weight is 410 g/mol.